The summed E-state index contributed by atoms with van der Waals surface area (Å²) in [4.78, 5) is 31.9. The van der Waals surface area contributed by atoms with Crippen LogP contribution in [0.15, 0.2) is 42.5 Å². The molecule has 2 saturated heterocycles. The first-order valence-corrected chi connectivity index (χ1v) is 12.0. The van der Waals surface area contributed by atoms with E-state index in [4.69, 9.17) is 0 Å². The van der Waals surface area contributed by atoms with E-state index in [1.165, 1.54) is 17.2 Å². The molecule has 0 saturated carbocycles. The van der Waals surface area contributed by atoms with E-state index in [1.54, 1.807) is 0 Å². The average Bonchev–Trinajstić information content (AvgIpc) is 2.80. The number of rotatable bonds is 6. The number of amides is 2. The van der Waals surface area contributed by atoms with Crippen LogP contribution < -0.4 is 5.32 Å². The molecule has 0 spiro atoms. The van der Waals surface area contributed by atoms with Gasteiger partial charge in [-0.25, -0.2) is 0 Å². The van der Waals surface area contributed by atoms with E-state index < -0.39 is 0 Å². The molecule has 172 valence electrons. The maximum Gasteiger partial charge on any atom is 0.236 e. The molecule has 2 aliphatic rings. The molecular formula is C26H36N4O2. The minimum atomic E-state index is -0.0426. The lowest BCUT2D eigenvalue weighted by atomic mass is 10.00. The molecule has 0 aliphatic carbocycles. The van der Waals surface area contributed by atoms with Crippen LogP contribution in [0.1, 0.15) is 44.7 Å². The molecule has 6 nitrogen and oxygen atoms in total. The van der Waals surface area contributed by atoms with Gasteiger partial charge in [0.05, 0.1) is 19.1 Å². The molecule has 0 aromatic heterocycles. The topological polar surface area (TPSA) is 55.9 Å². The van der Waals surface area contributed by atoms with Crippen LogP contribution in [0.5, 0.6) is 0 Å². The van der Waals surface area contributed by atoms with Gasteiger partial charge < -0.3 is 10.2 Å². The monoisotopic (exact) mass is 436 g/mol. The fourth-order valence-electron chi connectivity index (χ4n) is 5.05. The normalized spacial score (nSPS) is 21.4. The summed E-state index contributed by atoms with van der Waals surface area (Å²) >= 11 is 0. The fourth-order valence-corrected chi connectivity index (χ4v) is 5.05. The predicted octanol–water partition coefficient (Wildman–Crippen LogP) is 3.04. The highest BCUT2D eigenvalue weighted by molar-refractivity contribution is 5.87. The number of hydrogen-bond acceptors (Lipinski definition) is 4. The van der Waals surface area contributed by atoms with Gasteiger partial charge in [0, 0.05) is 38.8 Å². The van der Waals surface area contributed by atoms with E-state index in [2.05, 4.69) is 51.2 Å². The van der Waals surface area contributed by atoms with Gasteiger partial charge in [-0.1, -0.05) is 42.5 Å². The van der Waals surface area contributed by atoms with Gasteiger partial charge in [0.1, 0.15) is 0 Å². The van der Waals surface area contributed by atoms with Crippen LogP contribution in [0.2, 0.25) is 0 Å². The number of nitrogens with one attached hydrogen (secondary N) is 1. The second-order valence-electron chi connectivity index (χ2n) is 9.34. The lowest BCUT2D eigenvalue weighted by Gasteiger charge is -2.38. The number of fused-ring (bicyclic) bond motifs is 1. The first-order valence-electron chi connectivity index (χ1n) is 12.0. The third kappa shape index (κ3) is 5.48. The van der Waals surface area contributed by atoms with Gasteiger partial charge in [0.2, 0.25) is 11.8 Å². The number of benzene rings is 2. The molecule has 2 aromatic rings. The largest absolute Gasteiger partial charge is 0.348 e. The molecular weight excluding hydrogens is 400 g/mol. The Kier molecular flexibility index (Phi) is 7.43. The molecule has 2 amide bonds. The third-order valence-electron chi connectivity index (χ3n) is 6.98. The molecule has 2 heterocycles. The maximum absolute atomic E-state index is 12.7. The van der Waals surface area contributed by atoms with Crippen LogP contribution in [-0.4, -0.2) is 78.4 Å². The second-order valence-corrected chi connectivity index (χ2v) is 9.34. The highest BCUT2D eigenvalue weighted by atomic mass is 16.2. The van der Waals surface area contributed by atoms with Crippen molar-refractivity contribution in [3.63, 3.8) is 0 Å². The van der Waals surface area contributed by atoms with Gasteiger partial charge in [-0.15, -0.1) is 0 Å². The Bertz CT molecular complexity index is 933. The molecule has 32 heavy (non-hydrogen) atoms. The first-order chi connectivity index (χ1) is 15.5. The van der Waals surface area contributed by atoms with E-state index >= 15 is 0 Å². The summed E-state index contributed by atoms with van der Waals surface area (Å²) in [6, 6.07) is 14.8. The Balaban J connectivity index is 1.23. The number of nitrogens with zero attached hydrogens (tertiary/aromatic N) is 3. The minimum Gasteiger partial charge on any atom is -0.348 e. The Morgan fingerprint density at radius 3 is 2.38 bits per heavy atom. The Labute approximate surface area is 191 Å². The van der Waals surface area contributed by atoms with E-state index in [1.807, 2.05) is 25.1 Å². The highest BCUT2D eigenvalue weighted by Gasteiger charge is 2.26. The number of carbonyl (C=O) groups excluding carboxylic acids is 2. The summed E-state index contributed by atoms with van der Waals surface area (Å²) in [5, 5.41) is 5.55. The van der Waals surface area contributed by atoms with Crippen LogP contribution in [0.3, 0.4) is 0 Å². The molecule has 2 unspecified atom stereocenters. The van der Waals surface area contributed by atoms with Gasteiger partial charge >= 0.3 is 0 Å². The van der Waals surface area contributed by atoms with Crippen LogP contribution in [-0.2, 0) is 9.59 Å². The third-order valence-corrected chi connectivity index (χ3v) is 6.98. The van der Waals surface area contributed by atoms with Crippen molar-refractivity contribution >= 4 is 22.6 Å². The van der Waals surface area contributed by atoms with Crippen LogP contribution in [0.4, 0.5) is 0 Å². The van der Waals surface area contributed by atoms with Gasteiger partial charge in [-0.05, 0) is 49.4 Å². The van der Waals surface area contributed by atoms with Gasteiger partial charge in [-0.3, -0.25) is 19.4 Å². The summed E-state index contributed by atoms with van der Waals surface area (Å²) in [5.74, 6) is 0.310. The van der Waals surface area contributed by atoms with Crippen molar-refractivity contribution in [2.45, 2.75) is 45.2 Å². The lowest BCUT2D eigenvalue weighted by Crippen LogP contribution is -2.53. The zero-order valence-electron chi connectivity index (χ0n) is 19.4. The molecule has 2 aromatic carbocycles. The van der Waals surface area contributed by atoms with E-state index in [0.29, 0.717) is 19.1 Å². The van der Waals surface area contributed by atoms with E-state index in [0.717, 1.165) is 51.1 Å². The van der Waals surface area contributed by atoms with E-state index in [-0.39, 0.29) is 17.9 Å². The van der Waals surface area contributed by atoms with Crippen molar-refractivity contribution in [3.05, 3.63) is 48.0 Å². The Hall–Kier alpha value is -2.44. The van der Waals surface area contributed by atoms with Crippen molar-refractivity contribution in [1.29, 1.82) is 0 Å². The number of likely N-dealkylation sites (tertiary alicyclic amines) is 1. The fraction of sp³-hybridized carbons (Fsp3) is 0.538. The van der Waals surface area contributed by atoms with Gasteiger partial charge in [-0.2, -0.15) is 0 Å². The number of piperidine rings is 1. The van der Waals surface area contributed by atoms with E-state index in [9.17, 15) is 9.59 Å². The number of carbonyl (C=O) groups is 2. The SMILES string of the molecule is CC(NC(=O)CN1CCN(CC(=O)N2CCCCC2C)CC1)c1cccc2ccccc12. The highest BCUT2D eigenvalue weighted by Crippen LogP contribution is 2.24. The lowest BCUT2D eigenvalue weighted by molar-refractivity contribution is -0.136. The van der Waals surface area contributed by atoms with Crippen LogP contribution in [0, 0.1) is 0 Å². The molecule has 2 fully saturated rings. The number of hydrogen-bond donors (Lipinski definition) is 1. The number of piperazine rings is 1. The first kappa shape index (κ1) is 22.7. The summed E-state index contributed by atoms with van der Waals surface area (Å²) in [5.41, 5.74) is 1.15. The second kappa shape index (κ2) is 10.5. The van der Waals surface area contributed by atoms with Crippen molar-refractivity contribution in [2.24, 2.45) is 0 Å². The zero-order valence-corrected chi connectivity index (χ0v) is 19.4. The molecule has 2 atom stereocenters. The van der Waals surface area contributed by atoms with Crippen LogP contribution in [0.25, 0.3) is 10.8 Å². The van der Waals surface area contributed by atoms with Crippen molar-refractivity contribution in [1.82, 2.24) is 20.0 Å². The predicted molar refractivity (Wildman–Crippen MR) is 128 cm³/mol. The molecule has 0 bridgehead atoms. The summed E-state index contributed by atoms with van der Waals surface area (Å²) in [7, 11) is 0. The van der Waals surface area contributed by atoms with Crippen molar-refractivity contribution < 1.29 is 9.59 Å². The Morgan fingerprint density at radius 1 is 0.938 bits per heavy atom. The Morgan fingerprint density at radius 2 is 1.62 bits per heavy atom. The summed E-state index contributed by atoms with van der Waals surface area (Å²) < 4.78 is 0. The smallest absolute Gasteiger partial charge is 0.236 e. The quantitative estimate of drug-likeness (QED) is 0.756. The molecule has 6 heteroatoms. The van der Waals surface area contributed by atoms with Crippen LogP contribution >= 0.6 is 0 Å². The molecule has 0 radical (unpaired) electrons. The molecule has 1 N–H and O–H groups in total. The summed E-state index contributed by atoms with van der Waals surface area (Å²) in [6.07, 6.45) is 3.47. The maximum atomic E-state index is 12.7. The standard InChI is InChI=1S/C26H36N4O2/c1-20-8-5-6-13-30(20)26(32)19-29-16-14-28(15-17-29)18-25(31)27-21(2)23-12-7-10-22-9-3-4-11-24(22)23/h3-4,7,9-12,20-21H,5-6,8,13-19H2,1-2H3,(H,27,31). The zero-order chi connectivity index (χ0) is 22.5. The molecule has 4 rings (SSSR count). The minimum absolute atomic E-state index is 0.0426. The summed E-state index contributed by atoms with van der Waals surface area (Å²) in [6.45, 7) is 9.31. The van der Waals surface area contributed by atoms with Gasteiger partial charge in [0.25, 0.3) is 0 Å². The van der Waals surface area contributed by atoms with Crippen molar-refractivity contribution in [2.75, 3.05) is 45.8 Å². The van der Waals surface area contributed by atoms with Gasteiger partial charge in [0.15, 0.2) is 0 Å². The van der Waals surface area contributed by atoms with Crippen molar-refractivity contribution in [3.8, 4) is 0 Å². The average molecular weight is 437 g/mol. The molecule has 2 aliphatic heterocycles.